The summed E-state index contributed by atoms with van der Waals surface area (Å²) >= 11 is 0. The van der Waals surface area contributed by atoms with Gasteiger partial charge < -0.3 is 19.8 Å². The Hall–Kier alpha value is -4.39. The lowest BCUT2D eigenvalue weighted by Crippen LogP contribution is -2.47. The van der Waals surface area contributed by atoms with Crippen molar-refractivity contribution in [2.45, 2.75) is 51.0 Å². The Labute approximate surface area is 237 Å². The molecule has 2 N–H and O–H groups in total. The fraction of sp³-hybridized carbons (Fsp3) is 0.310. The Morgan fingerprint density at radius 3 is 2.40 bits per heavy atom. The average molecular weight is 587 g/mol. The number of anilines is 1. The lowest BCUT2D eigenvalue weighted by molar-refractivity contribution is -0.141. The van der Waals surface area contributed by atoms with Crippen LogP contribution in [0.2, 0.25) is 0 Å². The van der Waals surface area contributed by atoms with E-state index in [4.69, 9.17) is 0 Å². The number of hydrogen-bond acceptors (Lipinski definition) is 5. The van der Waals surface area contributed by atoms with Gasteiger partial charge in [-0.2, -0.15) is 13.2 Å². The molecule has 4 aromatic rings. The number of pyridine rings is 1. The van der Waals surface area contributed by atoms with Crippen molar-refractivity contribution in [2.24, 2.45) is 7.05 Å². The summed E-state index contributed by atoms with van der Waals surface area (Å²) < 4.78 is 70.3. The van der Waals surface area contributed by atoms with Crippen LogP contribution in [0.3, 0.4) is 0 Å². The summed E-state index contributed by atoms with van der Waals surface area (Å²) in [5, 5.41) is 13.6. The first-order chi connectivity index (χ1) is 19.8. The molecule has 1 fully saturated rings. The third kappa shape index (κ3) is 6.25. The molecule has 220 valence electrons. The SMILES string of the molecule is Cn1cnnc1-c1cc(F)c(F)cc1-c1cccc(NC(=O)c2cc(CNC3(C)CCC3)cn(CC(F)(F)F)c2=O)c1. The molecule has 42 heavy (non-hydrogen) atoms. The first-order valence-electron chi connectivity index (χ1n) is 13.1. The molecule has 2 heterocycles. The standard InChI is InChI=1S/C29H27F5N6O2/c1-28(7-4-8-28)35-13-17-9-22(27(42)40(14-17)15-29(32,33)34)26(41)37-19-6-3-5-18(10-19)20-11-23(30)24(31)12-21(20)25-38-36-16-39(25)2/h3,5-6,9-12,14,16,35H,4,7-8,13,15H2,1-2H3,(H,37,41). The van der Waals surface area contributed by atoms with Crippen molar-refractivity contribution in [1.29, 1.82) is 0 Å². The smallest absolute Gasteiger partial charge is 0.322 e. The summed E-state index contributed by atoms with van der Waals surface area (Å²) in [6.07, 6.45) is 0.694. The predicted molar refractivity (Wildman–Crippen MR) is 146 cm³/mol. The topological polar surface area (TPSA) is 93.8 Å². The number of carbonyl (C=O) groups is 1. The van der Waals surface area contributed by atoms with Gasteiger partial charge in [-0.05, 0) is 73.2 Å². The van der Waals surface area contributed by atoms with Crippen LogP contribution in [0.5, 0.6) is 0 Å². The maximum Gasteiger partial charge on any atom is 0.406 e. The van der Waals surface area contributed by atoms with E-state index in [-0.39, 0.29) is 34.7 Å². The number of amides is 1. The molecular formula is C29H27F5N6O2. The Bertz CT molecular complexity index is 1710. The van der Waals surface area contributed by atoms with Gasteiger partial charge in [0.15, 0.2) is 17.5 Å². The van der Waals surface area contributed by atoms with Gasteiger partial charge in [0, 0.05) is 36.6 Å². The maximum absolute atomic E-state index is 14.3. The normalized spacial score (nSPS) is 14.5. The number of hydrogen-bond donors (Lipinski definition) is 2. The second-order valence-corrected chi connectivity index (χ2v) is 10.7. The molecule has 2 aromatic carbocycles. The second-order valence-electron chi connectivity index (χ2n) is 10.7. The van der Waals surface area contributed by atoms with Gasteiger partial charge in [-0.3, -0.25) is 9.59 Å². The Balaban J connectivity index is 1.47. The summed E-state index contributed by atoms with van der Waals surface area (Å²) in [7, 11) is 1.64. The molecule has 0 atom stereocenters. The van der Waals surface area contributed by atoms with Crippen LogP contribution in [0.1, 0.15) is 42.1 Å². The first kappa shape index (κ1) is 29.1. The van der Waals surface area contributed by atoms with Crippen molar-refractivity contribution in [2.75, 3.05) is 5.32 Å². The Morgan fingerprint density at radius 1 is 1.07 bits per heavy atom. The molecular weight excluding hydrogens is 559 g/mol. The minimum atomic E-state index is -4.68. The second kappa shape index (κ2) is 11.1. The highest BCUT2D eigenvalue weighted by Crippen LogP contribution is 2.34. The number of aromatic nitrogens is 4. The van der Waals surface area contributed by atoms with Gasteiger partial charge in [0.25, 0.3) is 11.5 Å². The molecule has 0 bridgehead atoms. The van der Waals surface area contributed by atoms with Crippen LogP contribution in [0.4, 0.5) is 27.6 Å². The zero-order chi connectivity index (χ0) is 30.2. The van der Waals surface area contributed by atoms with Crippen molar-refractivity contribution in [3.8, 4) is 22.5 Å². The first-order valence-corrected chi connectivity index (χ1v) is 13.1. The van der Waals surface area contributed by atoms with E-state index in [9.17, 15) is 31.5 Å². The van der Waals surface area contributed by atoms with E-state index >= 15 is 0 Å². The summed E-state index contributed by atoms with van der Waals surface area (Å²) in [4.78, 5) is 26.2. The maximum atomic E-state index is 14.3. The molecule has 5 rings (SSSR count). The van der Waals surface area contributed by atoms with Crippen LogP contribution in [-0.4, -0.2) is 37.0 Å². The monoisotopic (exact) mass is 586 g/mol. The highest BCUT2D eigenvalue weighted by Gasteiger charge is 2.32. The van der Waals surface area contributed by atoms with Gasteiger partial charge >= 0.3 is 6.18 Å². The molecule has 0 unspecified atom stereocenters. The van der Waals surface area contributed by atoms with Crippen LogP contribution in [0, 0.1) is 11.6 Å². The zero-order valence-electron chi connectivity index (χ0n) is 22.7. The Kier molecular flexibility index (Phi) is 7.71. The van der Waals surface area contributed by atoms with Gasteiger partial charge in [-0.1, -0.05) is 12.1 Å². The molecule has 2 aromatic heterocycles. The van der Waals surface area contributed by atoms with E-state index in [1.165, 1.54) is 29.1 Å². The molecule has 0 aliphatic heterocycles. The van der Waals surface area contributed by atoms with E-state index in [2.05, 4.69) is 20.8 Å². The van der Waals surface area contributed by atoms with Crippen molar-refractivity contribution in [3.63, 3.8) is 0 Å². The van der Waals surface area contributed by atoms with E-state index in [0.29, 0.717) is 15.7 Å². The van der Waals surface area contributed by atoms with Crippen molar-refractivity contribution in [3.05, 3.63) is 88.1 Å². The molecule has 1 aliphatic carbocycles. The Morgan fingerprint density at radius 2 is 1.79 bits per heavy atom. The highest BCUT2D eigenvalue weighted by molar-refractivity contribution is 6.04. The van der Waals surface area contributed by atoms with Crippen LogP contribution < -0.4 is 16.2 Å². The fourth-order valence-corrected chi connectivity index (χ4v) is 4.93. The van der Waals surface area contributed by atoms with Gasteiger partial charge in [-0.25, -0.2) is 8.78 Å². The van der Waals surface area contributed by atoms with Crippen LogP contribution in [0.15, 0.2) is 59.8 Å². The summed E-state index contributed by atoms with van der Waals surface area (Å²) in [5.41, 5.74) is -0.304. The van der Waals surface area contributed by atoms with Crippen molar-refractivity contribution < 1.29 is 26.7 Å². The molecule has 1 aliphatic rings. The number of halogens is 5. The molecule has 1 amide bonds. The molecule has 0 radical (unpaired) electrons. The van der Waals surface area contributed by atoms with Gasteiger partial charge in [-0.15, -0.1) is 10.2 Å². The van der Waals surface area contributed by atoms with Gasteiger partial charge in [0.05, 0.1) is 0 Å². The van der Waals surface area contributed by atoms with E-state index in [1.54, 1.807) is 19.2 Å². The third-order valence-electron chi connectivity index (χ3n) is 7.36. The minimum absolute atomic E-state index is 0.155. The summed E-state index contributed by atoms with van der Waals surface area (Å²) in [6.45, 7) is 0.630. The van der Waals surface area contributed by atoms with Crippen LogP contribution >= 0.6 is 0 Å². The minimum Gasteiger partial charge on any atom is -0.322 e. The molecule has 1 saturated carbocycles. The summed E-state index contributed by atoms with van der Waals surface area (Å²) in [5.74, 6) is -2.83. The molecule has 8 nitrogen and oxygen atoms in total. The quantitative estimate of drug-likeness (QED) is 0.269. The molecule has 13 heteroatoms. The third-order valence-corrected chi connectivity index (χ3v) is 7.36. The van der Waals surface area contributed by atoms with E-state index in [1.807, 2.05) is 6.92 Å². The highest BCUT2D eigenvalue weighted by atomic mass is 19.4. The molecule has 0 saturated heterocycles. The lowest BCUT2D eigenvalue weighted by Gasteiger charge is -2.39. The van der Waals surface area contributed by atoms with Crippen LogP contribution in [0.25, 0.3) is 22.5 Å². The number of alkyl halides is 3. The number of rotatable bonds is 8. The lowest BCUT2D eigenvalue weighted by atomic mass is 9.78. The number of carbonyl (C=O) groups excluding carboxylic acids is 1. The number of nitrogens with zero attached hydrogens (tertiary/aromatic N) is 4. The van der Waals surface area contributed by atoms with Crippen LogP contribution in [-0.2, 0) is 20.1 Å². The van der Waals surface area contributed by atoms with E-state index < -0.39 is 41.4 Å². The predicted octanol–water partition coefficient (Wildman–Crippen LogP) is 5.44. The van der Waals surface area contributed by atoms with Gasteiger partial charge in [0.2, 0.25) is 0 Å². The average Bonchev–Trinajstić information content (AvgIpc) is 3.34. The van der Waals surface area contributed by atoms with Crippen molar-refractivity contribution in [1.82, 2.24) is 24.6 Å². The number of benzene rings is 2. The molecule has 0 spiro atoms. The summed E-state index contributed by atoms with van der Waals surface area (Å²) in [6, 6.07) is 9.40. The zero-order valence-corrected chi connectivity index (χ0v) is 22.7. The number of aryl methyl sites for hydroxylation is 1. The largest absolute Gasteiger partial charge is 0.406 e. The van der Waals surface area contributed by atoms with Crippen molar-refractivity contribution >= 4 is 11.6 Å². The van der Waals surface area contributed by atoms with E-state index in [0.717, 1.165) is 37.6 Å². The van der Waals surface area contributed by atoms with Gasteiger partial charge in [0.1, 0.15) is 18.4 Å². The number of nitrogens with one attached hydrogen (secondary N) is 2. The fourth-order valence-electron chi connectivity index (χ4n) is 4.93.